The van der Waals surface area contributed by atoms with Crippen molar-refractivity contribution in [1.29, 1.82) is 0 Å². The first-order valence-corrected chi connectivity index (χ1v) is 7.84. The third-order valence-corrected chi connectivity index (χ3v) is 4.09. The number of para-hydroxylation sites is 1. The van der Waals surface area contributed by atoms with Crippen LogP contribution in [0.2, 0.25) is 0 Å². The monoisotopic (exact) mass is 361 g/mol. The van der Waals surface area contributed by atoms with Crippen LogP contribution in [-0.2, 0) is 4.79 Å². The van der Waals surface area contributed by atoms with Crippen molar-refractivity contribution < 1.29 is 4.79 Å². The van der Waals surface area contributed by atoms with Crippen LogP contribution >= 0.6 is 24.8 Å². The first-order valence-electron chi connectivity index (χ1n) is 7.84. The fourth-order valence-corrected chi connectivity index (χ4v) is 2.93. The Morgan fingerprint density at radius 3 is 2.22 bits per heavy atom. The lowest BCUT2D eigenvalue weighted by Crippen LogP contribution is -2.53. The largest absolute Gasteiger partial charge is 0.368 e. The van der Waals surface area contributed by atoms with Crippen LogP contribution in [0.25, 0.3) is 0 Å². The molecule has 132 valence electrons. The van der Waals surface area contributed by atoms with Gasteiger partial charge in [0.1, 0.15) is 0 Å². The number of piperazine rings is 1. The summed E-state index contributed by atoms with van der Waals surface area (Å²) in [4.78, 5) is 16.6. The zero-order chi connectivity index (χ0) is 15.4. The number of hydrogen-bond acceptors (Lipinski definition) is 3. The standard InChI is InChI=1S/C17H27N3O.2ClH/c1-13(2)12-15(18)17(21)20-10-8-19(9-11-20)16-7-5-4-6-14(16)3;;/h4-7,13,15H,8-12,18H2,1-3H3;2*1H/t15-;;/m0../s1. The minimum Gasteiger partial charge on any atom is -0.368 e. The number of amides is 1. The van der Waals surface area contributed by atoms with Gasteiger partial charge >= 0.3 is 0 Å². The molecule has 0 saturated carbocycles. The van der Waals surface area contributed by atoms with Crippen molar-refractivity contribution >= 4 is 36.4 Å². The number of carbonyl (C=O) groups excluding carboxylic acids is 1. The van der Waals surface area contributed by atoms with Crippen molar-refractivity contribution in [1.82, 2.24) is 4.90 Å². The Morgan fingerprint density at radius 2 is 1.70 bits per heavy atom. The number of halogens is 2. The molecule has 1 aliphatic heterocycles. The Hall–Kier alpha value is -0.970. The van der Waals surface area contributed by atoms with Gasteiger partial charge in [0.2, 0.25) is 5.91 Å². The minimum atomic E-state index is -0.352. The van der Waals surface area contributed by atoms with Crippen molar-refractivity contribution in [3.05, 3.63) is 29.8 Å². The van der Waals surface area contributed by atoms with Gasteiger partial charge in [0.25, 0.3) is 0 Å². The van der Waals surface area contributed by atoms with Crippen LogP contribution < -0.4 is 10.6 Å². The summed E-state index contributed by atoms with van der Waals surface area (Å²) in [5, 5.41) is 0. The molecule has 1 fully saturated rings. The van der Waals surface area contributed by atoms with Crippen molar-refractivity contribution in [3.8, 4) is 0 Å². The first kappa shape index (κ1) is 22.0. The molecule has 0 aliphatic carbocycles. The number of rotatable bonds is 4. The molecule has 1 aromatic carbocycles. The molecular weight excluding hydrogens is 333 g/mol. The molecule has 1 amide bonds. The van der Waals surface area contributed by atoms with E-state index >= 15 is 0 Å². The lowest BCUT2D eigenvalue weighted by atomic mass is 10.0. The average molecular weight is 362 g/mol. The maximum absolute atomic E-state index is 12.3. The van der Waals surface area contributed by atoms with Gasteiger partial charge in [-0.25, -0.2) is 0 Å². The molecule has 2 rings (SSSR count). The van der Waals surface area contributed by atoms with Gasteiger partial charge in [0.15, 0.2) is 0 Å². The lowest BCUT2D eigenvalue weighted by molar-refractivity contribution is -0.133. The van der Waals surface area contributed by atoms with E-state index in [9.17, 15) is 4.79 Å². The molecule has 6 heteroatoms. The predicted molar refractivity (Wildman–Crippen MR) is 102 cm³/mol. The Morgan fingerprint density at radius 1 is 1.13 bits per heavy atom. The number of nitrogens with zero attached hydrogens (tertiary/aromatic N) is 2. The van der Waals surface area contributed by atoms with Gasteiger partial charge in [-0.1, -0.05) is 32.0 Å². The summed E-state index contributed by atoms with van der Waals surface area (Å²) in [5.74, 6) is 0.561. The van der Waals surface area contributed by atoms with Crippen molar-refractivity contribution in [2.75, 3.05) is 31.1 Å². The van der Waals surface area contributed by atoms with Gasteiger partial charge in [0, 0.05) is 31.9 Å². The molecule has 0 spiro atoms. The third kappa shape index (κ3) is 5.87. The van der Waals surface area contributed by atoms with Crippen molar-refractivity contribution in [3.63, 3.8) is 0 Å². The van der Waals surface area contributed by atoms with E-state index in [2.05, 4.69) is 49.9 Å². The normalized spacial score (nSPS) is 15.7. The number of anilines is 1. The summed E-state index contributed by atoms with van der Waals surface area (Å²) in [6.07, 6.45) is 0.761. The number of carbonyl (C=O) groups is 1. The van der Waals surface area contributed by atoms with Crippen LogP contribution in [0.15, 0.2) is 24.3 Å². The summed E-state index contributed by atoms with van der Waals surface area (Å²) in [7, 11) is 0. The summed E-state index contributed by atoms with van der Waals surface area (Å²) >= 11 is 0. The molecule has 1 aliphatic rings. The van der Waals surface area contributed by atoms with E-state index in [4.69, 9.17) is 5.73 Å². The van der Waals surface area contributed by atoms with Gasteiger partial charge in [-0.15, -0.1) is 24.8 Å². The van der Waals surface area contributed by atoms with Crippen molar-refractivity contribution in [2.24, 2.45) is 11.7 Å². The topological polar surface area (TPSA) is 49.6 Å². The van der Waals surface area contributed by atoms with E-state index < -0.39 is 0 Å². The van der Waals surface area contributed by atoms with Crippen LogP contribution in [0.4, 0.5) is 5.69 Å². The van der Waals surface area contributed by atoms with E-state index in [1.54, 1.807) is 0 Å². The summed E-state index contributed by atoms with van der Waals surface area (Å²) < 4.78 is 0. The van der Waals surface area contributed by atoms with Gasteiger partial charge in [0.05, 0.1) is 6.04 Å². The highest BCUT2D eigenvalue weighted by Gasteiger charge is 2.26. The smallest absolute Gasteiger partial charge is 0.239 e. The number of hydrogen-bond donors (Lipinski definition) is 1. The van der Waals surface area contributed by atoms with E-state index in [-0.39, 0.29) is 36.8 Å². The highest BCUT2D eigenvalue weighted by Crippen LogP contribution is 2.21. The zero-order valence-electron chi connectivity index (χ0n) is 14.2. The minimum absolute atomic E-state index is 0. The molecule has 2 N–H and O–H groups in total. The zero-order valence-corrected chi connectivity index (χ0v) is 15.8. The highest BCUT2D eigenvalue weighted by atomic mass is 35.5. The molecule has 4 nitrogen and oxygen atoms in total. The second-order valence-electron chi connectivity index (χ2n) is 6.33. The molecule has 1 saturated heterocycles. The van der Waals surface area contributed by atoms with Crippen LogP contribution in [0.3, 0.4) is 0 Å². The number of nitrogens with two attached hydrogens (primary N) is 1. The predicted octanol–water partition coefficient (Wildman–Crippen LogP) is 2.86. The molecule has 1 atom stereocenters. The molecule has 1 aromatic rings. The van der Waals surface area contributed by atoms with E-state index in [1.807, 2.05) is 4.90 Å². The maximum atomic E-state index is 12.3. The van der Waals surface area contributed by atoms with E-state index in [0.29, 0.717) is 5.92 Å². The Bertz CT molecular complexity index is 488. The van der Waals surface area contributed by atoms with Gasteiger partial charge in [-0.3, -0.25) is 4.79 Å². The first-order chi connectivity index (χ1) is 9.99. The van der Waals surface area contributed by atoms with Crippen LogP contribution in [0, 0.1) is 12.8 Å². The van der Waals surface area contributed by atoms with Crippen LogP contribution in [0.5, 0.6) is 0 Å². The fourth-order valence-electron chi connectivity index (χ4n) is 2.93. The second kappa shape index (κ2) is 10.0. The van der Waals surface area contributed by atoms with Crippen molar-refractivity contribution in [2.45, 2.75) is 33.2 Å². The summed E-state index contributed by atoms with van der Waals surface area (Å²) in [6.45, 7) is 9.62. The van der Waals surface area contributed by atoms with Gasteiger partial charge in [-0.2, -0.15) is 0 Å². The molecule has 0 bridgehead atoms. The van der Waals surface area contributed by atoms with Gasteiger partial charge in [-0.05, 0) is 30.9 Å². The Labute approximate surface area is 152 Å². The number of aryl methyl sites for hydroxylation is 1. The molecule has 1 heterocycles. The third-order valence-electron chi connectivity index (χ3n) is 4.09. The highest BCUT2D eigenvalue weighted by molar-refractivity contribution is 5.85. The summed E-state index contributed by atoms with van der Waals surface area (Å²) in [5.41, 5.74) is 8.57. The van der Waals surface area contributed by atoms with Gasteiger partial charge < -0.3 is 15.5 Å². The average Bonchev–Trinajstić information content (AvgIpc) is 2.46. The van der Waals surface area contributed by atoms with Crippen LogP contribution in [0.1, 0.15) is 25.8 Å². The molecular formula is C17H29Cl2N3O. The second-order valence-corrected chi connectivity index (χ2v) is 6.33. The van der Waals surface area contributed by atoms with Crippen LogP contribution in [-0.4, -0.2) is 43.0 Å². The molecule has 23 heavy (non-hydrogen) atoms. The van der Waals surface area contributed by atoms with E-state index in [0.717, 1.165) is 32.6 Å². The quantitative estimate of drug-likeness (QED) is 0.896. The SMILES string of the molecule is Cc1ccccc1N1CCN(C(=O)[C@@H](N)CC(C)C)CC1.Cl.Cl. The molecule has 0 aromatic heterocycles. The summed E-state index contributed by atoms with van der Waals surface area (Å²) in [6, 6.07) is 8.06. The lowest BCUT2D eigenvalue weighted by Gasteiger charge is -2.37. The maximum Gasteiger partial charge on any atom is 0.239 e. The fraction of sp³-hybridized carbons (Fsp3) is 0.588. The Balaban J connectivity index is 0.00000242. The molecule has 0 radical (unpaired) electrons. The Kier molecular flexibility index (Phi) is 9.59. The number of benzene rings is 1. The molecule has 0 unspecified atom stereocenters. The van der Waals surface area contributed by atoms with E-state index in [1.165, 1.54) is 11.3 Å².